The topological polar surface area (TPSA) is 38.8 Å². The molecule has 1 amide bonds. The maximum Gasteiger partial charge on any atom is 0.410 e. The van der Waals surface area contributed by atoms with Crippen molar-refractivity contribution in [2.24, 2.45) is 5.92 Å². The maximum absolute atomic E-state index is 12.3. The van der Waals surface area contributed by atoms with Crippen LogP contribution in [0.5, 0.6) is 0 Å². The van der Waals surface area contributed by atoms with Crippen LogP contribution in [0.4, 0.5) is 4.79 Å². The normalized spacial score (nSPS) is 24.5. The molecule has 22 heavy (non-hydrogen) atoms. The summed E-state index contributed by atoms with van der Waals surface area (Å²) in [5.74, 6) is 0.605. The Morgan fingerprint density at radius 2 is 1.95 bits per heavy atom. The quantitative estimate of drug-likeness (QED) is 0.656. The van der Waals surface area contributed by atoms with E-state index < -0.39 is 5.60 Å². The number of amides is 1. The molecule has 1 heterocycles. The summed E-state index contributed by atoms with van der Waals surface area (Å²) in [6.45, 7) is 13.6. The zero-order chi connectivity index (χ0) is 17.0. The van der Waals surface area contributed by atoms with E-state index in [-0.39, 0.29) is 17.8 Å². The molecule has 0 bridgehead atoms. The summed E-state index contributed by atoms with van der Waals surface area (Å²) in [7, 11) is 0. The molecule has 1 aliphatic rings. The summed E-state index contributed by atoms with van der Waals surface area (Å²) >= 11 is 3.60. The van der Waals surface area contributed by atoms with Crippen LogP contribution in [0.2, 0.25) is 0 Å². The average Bonchev–Trinajstić information content (AvgIpc) is 2.35. The molecule has 0 N–H and O–H groups in total. The fourth-order valence-electron chi connectivity index (χ4n) is 2.96. The largest absolute Gasteiger partial charge is 0.444 e. The molecule has 1 saturated heterocycles. The molecule has 1 aliphatic heterocycles. The van der Waals surface area contributed by atoms with Crippen molar-refractivity contribution in [1.29, 1.82) is 0 Å². The third-order valence-corrected chi connectivity index (χ3v) is 4.71. The smallest absolute Gasteiger partial charge is 0.410 e. The highest BCUT2D eigenvalue weighted by Gasteiger charge is 2.39. The number of alkyl halides is 1. The van der Waals surface area contributed by atoms with Crippen LogP contribution >= 0.6 is 15.9 Å². The molecular formula is C17H32BrNO3. The number of hydrogen-bond acceptors (Lipinski definition) is 3. The van der Waals surface area contributed by atoms with E-state index in [4.69, 9.17) is 9.47 Å². The summed E-state index contributed by atoms with van der Waals surface area (Å²) in [6, 6.07) is 0. The molecule has 0 aromatic carbocycles. The van der Waals surface area contributed by atoms with E-state index in [0.717, 1.165) is 31.1 Å². The number of nitrogens with zero attached hydrogens (tertiary/aromatic N) is 1. The van der Waals surface area contributed by atoms with Crippen molar-refractivity contribution in [3.05, 3.63) is 0 Å². The SMILES string of the molecule is CC(C)CC(C)OC1(CBr)CCCN(C(=O)OC(C)(C)C)C1. The van der Waals surface area contributed by atoms with Crippen molar-refractivity contribution >= 4 is 22.0 Å². The number of likely N-dealkylation sites (tertiary alicyclic amines) is 1. The Morgan fingerprint density at radius 1 is 1.32 bits per heavy atom. The van der Waals surface area contributed by atoms with E-state index in [0.29, 0.717) is 12.5 Å². The van der Waals surface area contributed by atoms with Gasteiger partial charge in [0, 0.05) is 11.9 Å². The van der Waals surface area contributed by atoms with Crippen molar-refractivity contribution < 1.29 is 14.3 Å². The van der Waals surface area contributed by atoms with Crippen LogP contribution in [-0.2, 0) is 9.47 Å². The molecule has 0 spiro atoms. The predicted molar refractivity (Wildman–Crippen MR) is 93.6 cm³/mol. The van der Waals surface area contributed by atoms with Gasteiger partial charge in [-0.3, -0.25) is 0 Å². The van der Waals surface area contributed by atoms with Gasteiger partial charge in [-0.15, -0.1) is 0 Å². The third kappa shape index (κ3) is 6.45. The lowest BCUT2D eigenvalue weighted by Gasteiger charge is -2.43. The Balaban J connectivity index is 2.70. The number of piperidine rings is 1. The van der Waals surface area contributed by atoms with E-state index in [1.54, 1.807) is 4.90 Å². The Kier molecular flexibility index (Phi) is 7.19. The van der Waals surface area contributed by atoms with Gasteiger partial charge in [0.05, 0.1) is 18.2 Å². The highest BCUT2D eigenvalue weighted by molar-refractivity contribution is 9.09. The zero-order valence-electron chi connectivity index (χ0n) is 14.9. The lowest BCUT2D eigenvalue weighted by molar-refractivity contribution is -0.111. The van der Waals surface area contributed by atoms with Gasteiger partial charge in [-0.05, 0) is 52.9 Å². The van der Waals surface area contributed by atoms with E-state index >= 15 is 0 Å². The fraction of sp³-hybridized carbons (Fsp3) is 0.941. The molecular weight excluding hydrogens is 346 g/mol. The van der Waals surface area contributed by atoms with Crippen LogP contribution < -0.4 is 0 Å². The maximum atomic E-state index is 12.3. The monoisotopic (exact) mass is 377 g/mol. The van der Waals surface area contributed by atoms with Gasteiger partial charge in [-0.2, -0.15) is 0 Å². The zero-order valence-corrected chi connectivity index (χ0v) is 16.5. The molecule has 0 radical (unpaired) electrons. The Bertz CT molecular complexity index is 367. The van der Waals surface area contributed by atoms with Crippen LogP contribution in [-0.4, -0.2) is 46.7 Å². The van der Waals surface area contributed by atoms with Crippen molar-refractivity contribution in [3.63, 3.8) is 0 Å². The van der Waals surface area contributed by atoms with Gasteiger partial charge in [-0.1, -0.05) is 29.8 Å². The molecule has 0 saturated carbocycles. The molecule has 1 fully saturated rings. The minimum absolute atomic E-state index is 0.191. The second kappa shape index (κ2) is 8.00. The van der Waals surface area contributed by atoms with Crippen molar-refractivity contribution in [1.82, 2.24) is 4.90 Å². The highest BCUT2D eigenvalue weighted by atomic mass is 79.9. The highest BCUT2D eigenvalue weighted by Crippen LogP contribution is 2.30. The first-order valence-electron chi connectivity index (χ1n) is 8.28. The van der Waals surface area contributed by atoms with Gasteiger partial charge < -0.3 is 14.4 Å². The first-order chi connectivity index (χ1) is 10.1. The molecule has 2 atom stereocenters. The number of carbonyl (C=O) groups excluding carboxylic acids is 1. The van der Waals surface area contributed by atoms with Crippen LogP contribution in [0.15, 0.2) is 0 Å². The number of halogens is 1. The Morgan fingerprint density at radius 3 is 2.45 bits per heavy atom. The number of ether oxygens (including phenoxy) is 2. The Hall–Kier alpha value is -0.290. The second-order valence-electron chi connectivity index (χ2n) is 7.88. The van der Waals surface area contributed by atoms with Gasteiger partial charge in [0.1, 0.15) is 5.60 Å². The summed E-state index contributed by atoms with van der Waals surface area (Å²) in [5.41, 5.74) is -0.763. The van der Waals surface area contributed by atoms with E-state index in [9.17, 15) is 4.79 Å². The van der Waals surface area contributed by atoms with E-state index in [1.807, 2.05) is 20.8 Å². The molecule has 4 nitrogen and oxygen atoms in total. The first kappa shape index (κ1) is 19.8. The van der Waals surface area contributed by atoms with Crippen molar-refractivity contribution in [3.8, 4) is 0 Å². The van der Waals surface area contributed by atoms with E-state index in [1.165, 1.54) is 0 Å². The lowest BCUT2D eigenvalue weighted by Crippen LogP contribution is -2.54. The van der Waals surface area contributed by atoms with Gasteiger partial charge in [-0.25, -0.2) is 4.79 Å². The van der Waals surface area contributed by atoms with Gasteiger partial charge in [0.25, 0.3) is 0 Å². The van der Waals surface area contributed by atoms with Gasteiger partial charge >= 0.3 is 6.09 Å². The van der Waals surface area contributed by atoms with E-state index in [2.05, 4.69) is 36.7 Å². The molecule has 1 rings (SSSR count). The number of carbonyl (C=O) groups is 1. The summed E-state index contributed by atoms with van der Waals surface area (Å²) in [5, 5.41) is 0.738. The van der Waals surface area contributed by atoms with Crippen LogP contribution in [0.1, 0.15) is 60.8 Å². The first-order valence-corrected chi connectivity index (χ1v) is 9.41. The molecule has 2 unspecified atom stereocenters. The summed E-state index contributed by atoms with van der Waals surface area (Å²) < 4.78 is 11.9. The van der Waals surface area contributed by atoms with Gasteiger partial charge in [0.15, 0.2) is 0 Å². The Labute approximate surface area is 144 Å². The summed E-state index contributed by atoms with van der Waals surface area (Å²) in [4.78, 5) is 14.1. The minimum Gasteiger partial charge on any atom is -0.444 e. The molecule has 0 aromatic heterocycles. The van der Waals surface area contributed by atoms with Crippen LogP contribution in [0.3, 0.4) is 0 Å². The van der Waals surface area contributed by atoms with Crippen LogP contribution in [0, 0.1) is 5.92 Å². The minimum atomic E-state index is -0.461. The molecule has 0 aromatic rings. The lowest BCUT2D eigenvalue weighted by atomic mass is 9.94. The predicted octanol–water partition coefficient (Wildman–Crippen LogP) is 4.60. The number of hydrogen-bond donors (Lipinski definition) is 0. The molecule has 130 valence electrons. The molecule has 5 heteroatoms. The van der Waals surface area contributed by atoms with Crippen molar-refractivity contribution in [2.75, 3.05) is 18.4 Å². The second-order valence-corrected chi connectivity index (χ2v) is 8.44. The molecule has 0 aliphatic carbocycles. The third-order valence-electron chi connectivity index (χ3n) is 3.69. The number of rotatable bonds is 5. The fourth-order valence-corrected chi connectivity index (χ4v) is 3.55. The van der Waals surface area contributed by atoms with Gasteiger partial charge in [0.2, 0.25) is 0 Å². The summed E-state index contributed by atoms with van der Waals surface area (Å²) in [6.07, 6.45) is 2.90. The average molecular weight is 378 g/mol. The standard InChI is InChI=1S/C17H32BrNO3/c1-13(2)10-14(3)21-17(11-18)8-7-9-19(12-17)15(20)22-16(4,5)6/h13-14H,7-12H2,1-6H3. The van der Waals surface area contributed by atoms with Crippen molar-refractivity contribution in [2.45, 2.75) is 78.1 Å². The van der Waals surface area contributed by atoms with Crippen LogP contribution in [0.25, 0.3) is 0 Å².